The van der Waals surface area contributed by atoms with Crippen molar-refractivity contribution in [1.29, 1.82) is 0 Å². The molecule has 7 heteroatoms. The van der Waals surface area contributed by atoms with Gasteiger partial charge in [-0.2, -0.15) is 0 Å². The van der Waals surface area contributed by atoms with E-state index in [1.165, 1.54) is 13.2 Å². The zero-order valence-electron chi connectivity index (χ0n) is 17.1. The van der Waals surface area contributed by atoms with E-state index in [2.05, 4.69) is 5.32 Å². The van der Waals surface area contributed by atoms with Crippen LogP contribution in [-0.2, 0) is 9.53 Å². The van der Waals surface area contributed by atoms with Crippen LogP contribution in [0.3, 0.4) is 0 Å². The van der Waals surface area contributed by atoms with E-state index >= 15 is 0 Å². The van der Waals surface area contributed by atoms with Gasteiger partial charge in [0.05, 0.1) is 26.2 Å². The second-order valence-electron chi connectivity index (χ2n) is 6.80. The summed E-state index contributed by atoms with van der Waals surface area (Å²) in [7, 11) is 1.52. The van der Waals surface area contributed by atoms with Gasteiger partial charge in [0.15, 0.2) is 0 Å². The summed E-state index contributed by atoms with van der Waals surface area (Å²) in [5.74, 6) is -0.510. The molecule has 1 N–H and O–H groups in total. The van der Waals surface area contributed by atoms with Gasteiger partial charge in [-0.05, 0) is 43.7 Å². The number of methoxy groups -OCH3 is 1. The molecule has 0 unspecified atom stereocenters. The van der Waals surface area contributed by atoms with Gasteiger partial charge in [-0.1, -0.05) is 29.8 Å². The number of benzene rings is 2. The Morgan fingerprint density at radius 2 is 1.83 bits per heavy atom. The third-order valence-corrected chi connectivity index (χ3v) is 4.65. The van der Waals surface area contributed by atoms with Crippen LogP contribution in [0.4, 0.5) is 0 Å². The molecule has 0 saturated heterocycles. The van der Waals surface area contributed by atoms with Crippen molar-refractivity contribution in [2.45, 2.75) is 26.3 Å². The van der Waals surface area contributed by atoms with Crippen molar-refractivity contribution in [3.05, 3.63) is 75.6 Å². The number of ether oxygens (including phenoxy) is 2. The normalized spacial score (nSPS) is 11.7. The molecule has 3 aromatic rings. The van der Waals surface area contributed by atoms with Crippen molar-refractivity contribution in [3.8, 4) is 5.75 Å². The molecular formula is C23H23NO6. The lowest BCUT2D eigenvalue weighted by Crippen LogP contribution is -2.33. The second-order valence-corrected chi connectivity index (χ2v) is 6.80. The molecule has 0 aliphatic heterocycles. The standard InChI is InChI=1S/C23H23NO6/c1-4-29-21(25)13-19(15-7-5-14(2)6-8-15)24-22(26)18-12-16-11-17(28-3)9-10-20(16)30-23(18)27/h5-12,19H,4,13H2,1-3H3,(H,24,26)/t19-/m0/s1. The minimum Gasteiger partial charge on any atom is -0.497 e. The Balaban J connectivity index is 1.92. The van der Waals surface area contributed by atoms with Gasteiger partial charge in [-0.25, -0.2) is 4.79 Å². The number of aryl methyl sites for hydroxylation is 1. The Morgan fingerprint density at radius 3 is 2.50 bits per heavy atom. The van der Waals surface area contributed by atoms with Crippen molar-refractivity contribution in [3.63, 3.8) is 0 Å². The van der Waals surface area contributed by atoms with E-state index in [0.29, 0.717) is 16.7 Å². The lowest BCUT2D eigenvalue weighted by Gasteiger charge is -2.18. The molecule has 1 atom stereocenters. The Bertz CT molecular complexity index is 1120. The highest BCUT2D eigenvalue weighted by Crippen LogP contribution is 2.22. The molecule has 30 heavy (non-hydrogen) atoms. The van der Waals surface area contributed by atoms with Crippen LogP contribution in [0.25, 0.3) is 11.0 Å². The van der Waals surface area contributed by atoms with Crippen molar-refractivity contribution in [1.82, 2.24) is 5.32 Å². The van der Waals surface area contributed by atoms with E-state index in [0.717, 1.165) is 11.1 Å². The lowest BCUT2D eigenvalue weighted by atomic mass is 10.0. The fraction of sp³-hybridized carbons (Fsp3) is 0.261. The first-order chi connectivity index (χ1) is 14.4. The first-order valence-electron chi connectivity index (χ1n) is 9.56. The highest BCUT2D eigenvalue weighted by Gasteiger charge is 2.22. The number of hydrogen-bond acceptors (Lipinski definition) is 6. The Labute approximate surface area is 173 Å². The van der Waals surface area contributed by atoms with Crippen LogP contribution in [0, 0.1) is 6.92 Å². The fourth-order valence-electron chi connectivity index (χ4n) is 3.06. The smallest absolute Gasteiger partial charge is 0.349 e. The zero-order chi connectivity index (χ0) is 21.7. The molecule has 0 saturated carbocycles. The maximum absolute atomic E-state index is 12.9. The van der Waals surface area contributed by atoms with Gasteiger partial charge in [0, 0.05) is 5.39 Å². The summed E-state index contributed by atoms with van der Waals surface area (Å²) in [5, 5.41) is 3.31. The topological polar surface area (TPSA) is 94.8 Å². The SMILES string of the molecule is CCOC(=O)C[C@H](NC(=O)c1cc2cc(OC)ccc2oc1=O)c1ccc(C)cc1. The van der Waals surface area contributed by atoms with Gasteiger partial charge < -0.3 is 19.2 Å². The van der Waals surface area contributed by atoms with Crippen molar-refractivity contribution < 1.29 is 23.5 Å². The predicted molar refractivity (Wildman–Crippen MR) is 112 cm³/mol. The molecule has 0 spiro atoms. The van der Waals surface area contributed by atoms with E-state index in [1.807, 2.05) is 31.2 Å². The Hall–Kier alpha value is -3.61. The van der Waals surface area contributed by atoms with E-state index < -0.39 is 23.5 Å². The highest BCUT2D eigenvalue weighted by atomic mass is 16.5. The molecule has 1 amide bonds. The molecule has 0 bridgehead atoms. The molecule has 156 valence electrons. The molecule has 0 aliphatic carbocycles. The number of amides is 1. The van der Waals surface area contributed by atoms with E-state index in [4.69, 9.17) is 13.9 Å². The van der Waals surface area contributed by atoms with Crippen LogP contribution >= 0.6 is 0 Å². The molecule has 0 fully saturated rings. The summed E-state index contributed by atoms with van der Waals surface area (Å²) >= 11 is 0. The van der Waals surface area contributed by atoms with Gasteiger partial charge in [-0.3, -0.25) is 9.59 Å². The number of rotatable bonds is 7. The average Bonchev–Trinajstić information content (AvgIpc) is 2.73. The van der Waals surface area contributed by atoms with E-state index in [-0.39, 0.29) is 18.6 Å². The molecular weight excluding hydrogens is 386 g/mol. The number of esters is 1. The van der Waals surface area contributed by atoms with E-state index in [1.54, 1.807) is 25.1 Å². The first-order valence-corrected chi connectivity index (χ1v) is 9.56. The molecule has 1 heterocycles. The number of carbonyl (C=O) groups excluding carboxylic acids is 2. The Morgan fingerprint density at radius 1 is 1.10 bits per heavy atom. The molecule has 0 aliphatic rings. The minimum absolute atomic E-state index is 0.0601. The maximum Gasteiger partial charge on any atom is 0.349 e. The number of fused-ring (bicyclic) bond motifs is 1. The maximum atomic E-state index is 12.9. The number of carbonyl (C=O) groups is 2. The molecule has 2 aromatic carbocycles. The van der Waals surface area contributed by atoms with Crippen LogP contribution < -0.4 is 15.7 Å². The lowest BCUT2D eigenvalue weighted by molar-refractivity contribution is -0.143. The fourth-order valence-corrected chi connectivity index (χ4v) is 3.06. The molecule has 1 aromatic heterocycles. The third-order valence-electron chi connectivity index (χ3n) is 4.65. The predicted octanol–water partition coefficient (Wildman–Crippen LogP) is 3.53. The summed E-state index contributed by atoms with van der Waals surface area (Å²) in [4.78, 5) is 37.3. The first kappa shape index (κ1) is 21.1. The van der Waals surface area contributed by atoms with E-state index in [9.17, 15) is 14.4 Å². The van der Waals surface area contributed by atoms with Crippen LogP contribution in [0.1, 0.15) is 40.9 Å². The monoisotopic (exact) mass is 409 g/mol. The summed E-state index contributed by atoms with van der Waals surface area (Å²) in [6.45, 7) is 3.90. The van der Waals surface area contributed by atoms with Gasteiger partial charge in [0.2, 0.25) is 0 Å². The largest absolute Gasteiger partial charge is 0.497 e. The number of hydrogen-bond donors (Lipinski definition) is 1. The molecule has 7 nitrogen and oxygen atoms in total. The van der Waals surface area contributed by atoms with Gasteiger partial charge >= 0.3 is 11.6 Å². The van der Waals surface area contributed by atoms with Crippen LogP contribution in [0.5, 0.6) is 5.75 Å². The van der Waals surface area contributed by atoms with Crippen molar-refractivity contribution >= 4 is 22.8 Å². The summed E-state index contributed by atoms with van der Waals surface area (Å²) in [6.07, 6.45) is -0.0601. The van der Waals surface area contributed by atoms with Crippen molar-refractivity contribution in [2.24, 2.45) is 0 Å². The van der Waals surface area contributed by atoms with Crippen molar-refractivity contribution in [2.75, 3.05) is 13.7 Å². The Kier molecular flexibility index (Phi) is 6.51. The summed E-state index contributed by atoms with van der Waals surface area (Å²) in [5.41, 5.74) is 1.21. The zero-order valence-corrected chi connectivity index (χ0v) is 17.1. The highest BCUT2D eigenvalue weighted by molar-refractivity contribution is 5.97. The van der Waals surface area contributed by atoms with Gasteiger partial charge in [0.25, 0.3) is 5.91 Å². The second kappa shape index (κ2) is 9.26. The molecule has 3 rings (SSSR count). The molecule has 0 radical (unpaired) electrons. The van der Waals surface area contributed by atoms with Gasteiger partial charge in [0.1, 0.15) is 16.9 Å². The van der Waals surface area contributed by atoms with Crippen LogP contribution in [-0.4, -0.2) is 25.6 Å². The van der Waals surface area contributed by atoms with Crippen LogP contribution in [0.2, 0.25) is 0 Å². The third kappa shape index (κ3) is 4.86. The number of nitrogens with one attached hydrogen (secondary N) is 1. The summed E-state index contributed by atoms with van der Waals surface area (Å²) < 4.78 is 15.5. The summed E-state index contributed by atoms with van der Waals surface area (Å²) in [6, 6.07) is 13.2. The quantitative estimate of drug-likeness (QED) is 0.474. The van der Waals surface area contributed by atoms with Crippen LogP contribution in [0.15, 0.2) is 57.7 Å². The minimum atomic E-state index is -0.760. The van der Waals surface area contributed by atoms with Gasteiger partial charge in [-0.15, -0.1) is 0 Å². The average molecular weight is 409 g/mol.